The number of hydrogen-bond acceptors (Lipinski definition) is 4. The standard InChI is InChI=1S/C10H20N4O2/c1-12(2)9(15)13-6-10(7-13)8-14(11)4-3-5-16-10/h3-8,11H2,1-2H3. The Kier molecular flexibility index (Phi) is 3.05. The smallest absolute Gasteiger partial charge is 0.319 e. The number of urea groups is 1. The predicted molar refractivity (Wildman–Crippen MR) is 59.7 cm³/mol. The number of rotatable bonds is 0. The lowest BCUT2D eigenvalue weighted by Gasteiger charge is -2.50. The van der Waals surface area contributed by atoms with Crippen LogP contribution in [0.2, 0.25) is 0 Å². The Morgan fingerprint density at radius 3 is 2.69 bits per heavy atom. The van der Waals surface area contributed by atoms with E-state index in [4.69, 9.17) is 10.6 Å². The van der Waals surface area contributed by atoms with Crippen molar-refractivity contribution in [2.75, 3.05) is 46.9 Å². The van der Waals surface area contributed by atoms with Crippen LogP contribution in [0.1, 0.15) is 6.42 Å². The average molecular weight is 228 g/mol. The van der Waals surface area contributed by atoms with Gasteiger partial charge in [0, 0.05) is 33.8 Å². The van der Waals surface area contributed by atoms with Crippen molar-refractivity contribution < 1.29 is 9.53 Å². The zero-order chi connectivity index (χ0) is 11.8. The SMILES string of the molecule is CN(C)C(=O)N1CC2(CN(N)CCCO2)C1. The van der Waals surface area contributed by atoms with E-state index in [1.54, 1.807) is 28.9 Å². The van der Waals surface area contributed by atoms with Crippen LogP contribution in [0.25, 0.3) is 0 Å². The Bertz CT molecular complexity index is 276. The van der Waals surface area contributed by atoms with Crippen LogP contribution in [0.3, 0.4) is 0 Å². The number of likely N-dealkylation sites (tertiary alicyclic amines) is 1. The second-order valence-electron chi connectivity index (χ2n) is 4.89. The fourth-order valence-electron chi connectivity index (χ4n) is 2.31. The number of carbonyl (C=O) groups excluding carboxylic acids is 1. The minimum Gasteiger partial charge on any atom is -0.370 e. The van der Waals surface area contributed by atoms with Crippen molar-refractivity contribution in [2.24, 2.45) is 5.84 Å². The van der Waals surface area contributed by atoms with E-state index in [2.05, 4.69) is 0 Å². The van der Waals surface area contributed by atoms with E-state index in [1.807, 2.05) is 0 Å². The van der Waals surface area contributed by atoms with Crippen molar-refractivity contribution in [2.45, 2.75) is 12.0 Å². The first-order valence-corrected chi connectivity index (χ1v) is 5.62. The Balaban J connectivity index is 1.91. The van der Waals surface area contributed by atoms with Crippen LogP contribution in [0.5, 0.6) is 0 Å². The molecular weight excluding hydrogens is 208 g/mol. The van der Waals surface area contributed by atoms with Crippen LogP contribution < -0.4 is 5.84 Å². The number of ether oxygens (including phenoxy) is 1. The molecule has 2 aliphatic heterocycles. The molecule has 6 heteroatoms. The zero-order valence-corrected chi connectivity index (χ0v) is 9.98. The van der Waals surface area contributed by atoms with E-state index in [9.17, 15) is 4.79 Å². The van der Waals surface area contributed by atoms with Crippen molar-refractivity contribution in [3.8, 4) is 0 Å². The van der Waals surface area contributed by atoms with Crippen LogP contribution in [0.15, 0.2) is 0 Å². The third-order valence-corrected chi connectivity index (χ3v) is 3.10. The first kappa shape index (κ1) is 11.6. The molecule has 0 unspecified atom stereocenters. The molecule has 2 N–H and O–H groups in total. The van der Waals surface area contributed by atoms with Gasteiger partial charge < -0.3 is 14.5 Å². The van der Waals surface area contributed by atoms with Gasteiger partial charge in [-0.05, 0) is 6.42 Å². The van der Waals surface area contributed by atoms with E-state index < -0.39 is 0 Å². The lowest BCUT2D eigenvalue weighted by molar-refractivity contribution is -0.129. The van der Waals surface area contributed by atoms with Crippen molar-refractivity contribution >= 4 is 6.03 Å². The summed E-state index contributed by atoms with van der Waals surface area (Å²) in [7, 11) is 3.52. The van der Waals surface area contributed by atoms with Crippen molar-refractivity contribution in [1.82, 2.24) is 14.8 Å². The molecule has 0 aliphatic carbocycles. The summed E-state index contributed by atoms with van der Waals surface area (Å²) in [6.07, 6.45) is 0.958. The summed E-state index contributed by atoms with van der Waals surface area (Å²) >= 11 is 0. The van der Waals surface area contributed by atoms with Crippen LogP contribution >= 0.6 is 0 Å². The molecule has 0 aromatic carbocycles. The molecule has 2 aliphatic rings. The molecule has 16 heavy (non-hydrogen) atoms. The molecule has 2 amide bonds. The molecule has 2 saturated heterocycles. The van der Waals surface area contributed by atoms with Crippen LogP contribution in [0, 0.1) is 0 Å². The summed E-state index contributed by atoms with van der Waals surface area (Å²) in [5.74, 6) is 5.84. The molecule has 2 heterocycles. The highest BCUT2D eigenvalue weighted by Crippen LogP contribution is 2.28. The summed E-state index contributed by atoms with van der Waals surface area (Å²) in [6, 6.07) is 0.0436. The maximum Gasteiger partial charge on any atom is 0.319 e. The Morgan fingerprint density at radius 2 is 2.06 bits per heavy atom. The fraction of sp³-hybridized carbons (Fsp3) is 0.900. The first-order chi connectivity index (χ1) is 7.52. The second-order valence-corrected chi connectivity index (χ2v) is 4.89. The molecule has 6 nitrogen and oxygen atoms in total. The molecule has 92 valence electrons. The van der Waals surface area contributed by atoms with Crippen LogP contribution in [-0.2, 0) is 4.74 Å². The van der Waals surface area contributed by atoms with E-state index in [-0.39, 0.29) is 11.6 Å². The van der Waals surface area contributed by atoms with Gasteiger partial charge in [0.25, 0.3) is 0 Å². The van der Waals surface area contributed by atoms with Gasteiger partial charge >= 0.3 is 6.03 Å². The lowest BCUT2D eigenvalue weighted by Crippen LogP contribution is -2.69. The van der Waals surface area contributed by atoms with Gasteiger partial charge in [0.2, 0.25) is 0 Å². The highest BCUT2D eigenvalue weighted by atomic mass is 16.5. The molecule has 2 fully saturated rings. The number of hydrogen-bond donors (Lipinski definition) is 1. The number of nitrogens with zero attached hydrogens (tertiary/aromatic N) is 3. The van der Waals surface area contributed by atoms with Crippen molar-refractivity contribution in [3.05, 3.63) is 0 Å². The van der Waals surface area contributed by atoms with Crippen LogP contribution in [0.4, 0.5) is 4.79 Å². The highest BCUT2D eigenvalue weighted by Gasteiger charge is 2.48. The third-order valence-electron chi connectivity index (χ3n) is 3.10. The van der Waals surface area contributed by atoms with Crippen molar-refractivity contribution in [3.63, 3.8) is 0 Å². The van der Waals surface area contributed by atoms with Gasteiger partial charge in [-0.15, -0.1) is 0 Å². The molecule has 0 aromatic rings. The van der Waals surface area contributed by atoms with Gasteiger partial charge in [0.1, 0.15) is 5.60 Å². The minimum atomic E-state index is -0.225. The van der Waals surface area contributed by atoms with Gasteiger partial charge in [-0.25, -0.2) is 9.80 Å². The molecule has 0 aromatic heterocycles. The second kappa shape index (κ2) is 4.20. The summed E-state index contributed by atoms with van der Waals surface area (Å²) in [5.41, 5.74) is -0.225. The summed E-state index contributed by atoms with van der Waals surface area (Å²) < 4.78 is 5.82. The molecule has 0 saturated carbocycles. The van der Waals surface area contributed by atoms with Crippen LogP contribution in [-0.4, -0.2) is 73.3 Å². The zero-order valence-electron chi connectivity index (χ0n) is 9.98. The molecule has 0 bridgehead atoms. The number of nitrogens with two attached hydrogens (primary N) is 1. The Morgan fingerprint density at radius 1 is 1.38 bits per heavy atom. The third kappa shape index (κ3) is 2.14. The van der Waals surface area contributed by atoms with E-state index in [0.717, 1.165) is 19.6 Å². The number of amides is 2. The largest absolute Gasteiger partial charge is 0.370 e. The quantitative estimate of drug-likeness (QED) is 0.558. The summed E-state index contributed by atoms with van der Waals surface area (Å²) in [5, 5.41) is 1.80. The molecule has 0 atom stereocenters. The highest BCUT2D eigenvalue weighted by molar-refractivity contribution is 5.75. The average Bonchev–Trinajstić information content (AvgIpc) is 2.36. The van der Waals surface area contributed by atoms with E-state index in [1.165, 1.54) is 0 Å². The van der Waals surface area contributed by atoms with Gasteiger partial charge in [-0.3, -0.25) is 5.84 Å². The number of carbonyl (C=O) groups is 1. The molecule has 1 spiro atoms. The van der Waals surface area contributed by atoms with Gasteiger partial charge in [0.15, 0.2) is 0 Å². The topological polar surface area (TPSA) is 62.0 Å². The maximum absolute atomic E-state index is 11.7. The monoisotopic (exact) mass is 228 g/mol. The van der Waals surface area contributed by atoms with E-state index >= 15 is 0 Å². The molecule has 2 rings (SSSR count). The predicted octanol–water partition coefficient (Wildman–Crippen LogP) is -0.682. The van der Waals surface area contributed by atoms with Gasteiger partial charge in [-0.1, -0.05) is 0 Å². The fourth-order valence-corrected chi connectivity index (χ4v) is 2.31. The summed E-state index contributed by atoms with van der Waals surface area (Å²) in [4.78, 5) is 15.0. The Hall–Kier alpha value is -0.850. The first-order valence-electron chi connectivity index (χ1n) is 5.62. The molecular formula is C10H20N4O2. The Labute approximate surface area is 95.9 Å². The van der Waals surface area contributed by atoms with E-state index in [0.29, 0.717) is 19.6 Å². The van der Waals surface area contributed by atoms with Gasteiger partial charge in [-0.2, -0.15) is 0 Å². The lowest BCUT2D eigenvalue weighted by atomic mass is 9.94. The maximum atomic E-state index is 11.7. The minimum absolute atomic E-state index is 0.0436. The normalized spacial score (nSPS) is 25.1. The van der Waals surface area contributed by atoms with Crippen molar-refractivity contribution in [1.29, 1.82) is 0 Å². The number of hydrazine groups is 1. The van der Waals surface area contributed by atoms with Gasteiger partial charge in [0.05, 0.1) is 13.1 Å². The molecule has 0 radical (unpaired) electrons. The summed E-state index contributed by atoms with van der Waals surface area (Å²) in [6.45, 7) is 3.61.